The standard InChI is InChI=1S/C18H21N5O4/c1-3-25-15-11-13(16-17(21-22-20-16)18(24)26-4-2)5-6-14(15)27-10-9-23-8-7-19-12-23/h5-8,11-12H,3-4,9-10H2,1-2H3,(H,20,21,22). The summed E-state index contributed by atoms with van der Waals surface area (Å²) in [6, 6.07) is 5.37. The van der Waals surface area contributed by atoms with Crippen LogP contribution in [0.2, 0.25) is 0 Å². The molecule has 0 unspecified atom stereocenters. The number of aromatic nitrogens is 5. The third-order valence-electron chi connectivity index (χ3n) is 3.70. The number of nitrogens with zero attached hydrogens (tertiary/aromatic N) is 4. The topological polar surface area (TPSA) is 104 Å². The highest BCUT2D eigenvalue weighted by atomic mass is 16.5. The minimum Gasteiger partial charge on any atom is -0.490 e. The van der Waals surface area contributed by atoms with Gasteiger partial charge in [0.25, 0.3) is 0 Å². The maximum Gasteiger partial charge on any atom is 0.361 e. The van der Waals surface area contributed by atoms with Crippen LogP contribution in [0.3, 0.4) is 0 Å². The van der Waals surface area contributed by atoms with Gasteiger partial charge in [-0.05, 0) is 32.0 Å². The van der Waals surface area contributed by atoms with Crippen LogP contribution in [0.4, 0.5) is 0 Å². The van der Waals surface area contributed by atoms with Gasteiger partial charge in [-0.2, -0.15) is 10.3 Å². The second-order valence-electron chi connectivity index (χ2n) is 5.48. The first-order valence-electron chi connectivity index (χ1n) is 8.66. The van der Waals surface area contributed by atoms with Crippen LogP contribution in [0.5, 0.6) is 11.5 Å². The number of esters is 1. The van der Waals surface area contributed by atoms with E-state index in [1.807, 2.05) is 17.7 Å². The molecule has 0 aliphatic carbocycles. The largest absolute Gasteiger partial charge is 0.490 e. The van der Waals surface area contributed by atoms with E-state index >= 15 is 0 Å². The first kappa shape index (κ1) is 18.4. The van der Waals surface area contributed by atoms with Gasteiger partial charge in [0.15, 0.2) is 17.2 Å². The zero-order valence-corrected chi connectivity index (χ0v) is 15.2. The average Bonchev–Trinajstić information content (AvgIpc) is 3.35. The van der Waals surface area contributed by atoms with Crippen LogP contribution in [0, 0.1) is 0 Å². The number of hydrogen-bond acceptors (Lipinski definition) is 7. The van der Waals surface area contributed by atoms with E-state index in [2.05, 4.69) is 20.4 Å². The van der Waals surface area contributed by atoms with Crippen LogP contribution < -0.4 is 9.47 Å². The van der Waals surface area contributed by atoms with Crippen molar-refractivity contribution in [2.24, 2.45) is 0 Å². The Labute approximate surface area is 156 Å². The van der Waals surface area contributed by atoms with Gasteiger partial charge in [0.2, 0.25) is 0 Å². The van der Waals surface area contributed by atoms with Gasteiger partial charge in [-0.3, -0.25) is 0 Å². The Morgan fingerprint density at radius 2 is 2.04 bits per heavy atom. The van der Waals surface area contributed by atoms with E-state index in [9.17, 15) is 4.79 Å². The number of nitrogens with one attached hydrogen (secondary N) is 1. The first-order valence-corrected chi connectivity index (χ1v) is 8.66. The second-order valence-corrected chi connectivity index (χ2v) is 5.48. The fraction of sp³-hybridized carbons (Fsp3) is 0.333. The van der Waals surface area contributed by atoms with Gasteiger partial charge >= 0.3 is 5.97 Å². The quantitative estimate of drug-likeness (QED) is 0.576. The number of benzene rings is 1. The van der Waals surface area contributed by atoms with Gasteiger partial charge in [0.1, 0.15) is 12.3 Å². The summed E-state index contributed by atoms with van der Waals surface area (Å²) in [5.74, 6) is 0.653. The molecule has 1 aromatic carbocycles. The van der Waals surface area contributed by atoms with Crippen molar-refractivity contribution in [3.63, 3.8) is 0 Å². The molecule has 0 saturated carbocycles. The van der Waals surface area contributed by atoms with Crippen LogP contribution in [0.25, 0.3) is 11.3 Å². The van der Waals surface area contributed by atoms with Gasteiger partial charge < -0.3 is 18.8 Å². The highest BCUT2D eigenvalue weighted by molar-refractivity contribution is 5.94. The average molecular weight is 371 g/mol. The molecule has 142 valence electrons. The van der Waals surface area contributed by atoms with Gasteiger partial charge in [0, 0.05) is 18.0 Å². The lowest BCUT2D eigenvalue weighted by molar-refractivity contribution is 0.0520. The molecule has 0 saturated heterocycles. The minimum atomic E-state index is -0.528. The molecule has 3 aromatic rings. The van der Waals surface area contributed by atoms with E-state index in [1.54, 1.807) is 37.6 Å². The number of carbonyl (C=O) groups is 1. The Bertz CT molecular complexity index is 876. The maximum absolute atomic E-state index is 12.0. The predicted octanol–water partition coefficient (Wildman–Crippen LogP) is 2.32. The van der Waals surface area contributed by atoms with E-state index in [1.165, 1.54) is 0 Å². The van der Waals surface area contributed by atoms with Crippen LogP contribution >= 0.6 is 0 Å². The molecule has 0 aliphatic heterocycles. The summed E-state index contributed by atoms with van der Waals surface area (Å²) in [6.45, 7) is 5.50. The first-order chi connectivity index (χ1) is 13.2. The molecule has 9 nitrogen and oxygen atoms in total. The lowest BCUT2D eigenvalue weighted by atomic mass is 10.1. The number of imidazole rings is 1. The summed E-state index contributed by atoms with van der Waals surface area (Å²) in [5, 5.41) is 10.4. The number of rotatable bonds is 9. The van der Waals surface area contributed by atoms with Gasteiger partial charge in [0.05, 0.1) is 26.1 Å². The third kappa shape index (κ3) is 4.43. The summed E-state index contributed by atoms with van der Waals surface area (Å²) in [6.07, 6.45) is 5.33. The number of H-pyrrole nitrogens is 1. The minimum absolute atomic E-state index is 0.132. The number of hydrogen-bond donors (Lipinski definition) is 1. The van der Waals surface area contributed by atoms with E-state index in [-0.39, 0.29) is 12.3 Å². The molecule has 0 radical (unpaired) electrons. The molecule has 0 aliphatic rings. The fourth-order valence-electron chi connectivity index (χ4n) is 2.50. The molecule has 0 spiro atoms. The highest BCUT2D eigenvalue weighted by Crippen LogP contribution is 2.33. The molecule has 0 bridgehead atoms. The summed E-state index contributed by atoms with van der Waals surface area (Å²) in [5.41, 5.74) is 1.21. The Kier molecular flexibility index (Phi) is 6.03. The summed E-state index contributed by atoms with van der Waals surface area (Å²) < 4.78 is 18.5. The number of carbonyl (C=O) groups excluding carboxylic acids is 1. The van der Waals surface area contributed by atoms with Crippen molar-refractivity contribution in [3.8, 4) is 22.8 Å². The lowest BCUT2D eigenvalue weighted by Crippen LogP contribution is -2.08. The fourth-order valence-corrected chi connectivity index (χ4v) is 2.50. The molecule has 2 aromatic heterocycles. The Hall–Kier alpha value is -3.36. The van der Waals surface area contributed by atoms with Gasteiger partial charge in [-0.1, -0.05) is 0 Å². The van der Waals surface area contributed by atoms with Crippen molar-refractivity contribution in [3.05, 3.63) is 42.6 Å². The molecule has 27 heavy (non-hydrogen) atoms. The highest BCUT2D eigenvalue weighted by Gasteiger charge is 2.20. The lowest BCUT2D eigenvalue weighted by Gasteiger charge is -2.13. The molecule has 3 rings (SSSR count). The molecule has 0 amide bonds. The zero-order chi connectivity index (χ0) is 19.1. The molecule has 1 N–H and O–H groups in total. The molecular formula is C18H21N5O4. The zero-order valence-electron chi connectivity index (χ0n) is 15.2. The Morgan fingerprint density at radius 3 is 2.78 bits per heavy atom. The normalized spacial score (nSPS) is 10.6. The Morgan fingerprint density at radius 1 is 1.15 bits per heavy atom. The van der Waals surface area contributed by atoms with Gasteiger partial charge in [-0.15, -0.1) is 5.10 Å². The predicted molar refractivity (Wildman–Crippen MR) is 96.7 cm³/mol. The molecule has 9 heteroatoms. The number of aromatic amines is 1. The van der Waals surface area contributed by atoms with Crippen molar-refractivity contribution in [1.82, 2.24) is 25.0 Å². The van der Waals surface area contributed by atoms with Crippen LogP contribution in [0.1, 0.15) is 24.3 Å². The molecular weight excluding hydrogens is 350 g/mol. The summed E-state index contributed by atoms with van der Waals surface area (Å²) in [4.78, 5) is 16.0. The molecule has 0 fully saturated rings. The Balaban J connectivity index is 1.79. The van der Waals surface area contributed by atoms with E-state index in [4.69, 9.17) is 14.2 Å². The van der Waals surface area contributed by atoms with Gasteiger partial charge in [-0.25, -0.2) is 9.78 Å². The third-order valence-corrected chi connectivity index (χ3v) is 3.70. The van der Waals surface area contributed by atoms with Crippen molar-refractivity contribution in [2.75, 3.05) is 19.8 Å². The van der Waals surface area contributed by atoms with Crippen LogP contribution in [-0.2, 0) is 11.3 Å². The van der Waals surface area contributed by atoms with Crippen LogP contribution in [0.15, 0.2) is 36.9 Å². The van der Waals surface area contributed by atoms with E-state index in [0.717, 1.165) is 0 Å². The monoisotopic (exact) mass is 371 g/mol. The maximum atomic E-state index is 12.0. The second kappa shape index (κ2) is 8.84. The van der Waals surface area contributed by atoms with Crippen molar-refractivity contribution < 1.29 is 19.0 Å². The molecule has 2 heterocycles. The van der Waals surface area contributed by atoms with E-state index in [0.29, 0.717) is 42.5 Å². The number of ether oxygens (including phenoxy) is 3. The summed E-state index contributed by atoms with van der Waals surface area (Å²) >= 11 is 0. The molecule has 0 atom stereocenters. The summed E-state index contributed by atoms with van der Waals surface area (Å²) in [7, 11) is 0. The van der Waals surface area contributed by atoms with Crippen LogP contribution in [-0.4, -0.2) is 50.8 Å². The van der Waals surface area contributed by atoms with Crippen molar-refractivity contribution in [1.29, 1.82) is 0 Å². The van der Waals surface area contributed by atoms with E-state index < -0.39 is 5.97 Å². The van der Waals surface area contributed by atoms with Crippen molar-refractivity contribution >= 4 is 5.97 Å². The SMILES string of the molecule is CCOC(=O)c1n[nH]nc1-c1ccc(OCCn2ccnc2)c(OCC)c1. The van der Waals surface area contributed by atoms with Crippen molar-refractivity contribution in [2.45, 2.75) is 20.4 Å². The smallest absolute Gasteiger partial charge is 0.361 e.